The van der Waals surface area contributed by atoms with Crippen molar-refractivity contribution >= 4 is 11.3 Å². The van der Waals surface area contributed by atoms with E-state index in [1.165, 1.54) is 4.88 Å². The Morgan fingerprint density at radius 3 is 3.14 bits per heavy atom. The number of ether oxygens (including phenoxy) is 1. The van der Waals surface area contributed by atoms with Crippen LogP contribution in [0.3, 0.4) is 0 Å². The van der Waals surface area contributed by atoms with Gasteiger partial charge in [0, 0.05) is 24.5 Å². The number of aliphatic hydroxyl groups is 1. The molecule has 1 aliphatic heterocycles. The average molecular weight is 213 g/mol. The summed E-state index contributed by atoms with van der Waals surface area (Å²) in [6, 6.07) is 0. The molecule has 0 aliphatic carbocycles. The summed E-state index contributed by atoms with van der Waals surface area (Å²) in [6.07, 6.45) is 3.09. The average Bonchev–Trinajstić information content (AvgIpc) is 2.74. The van der Waals surface area contributed by atoms with Gasteiger partial charge in [0.1, 0.15) is 6.10 Å². The molecule has 1 aliphatic rings. The van der Waals surface area contributed by atoms with E-state index in [1.807, 2.05) is 0 Å². The van der Waals surface area contributed by atoms with Gasteiger partial charge in [0.05, 0.1) is 10.7 Å². The molecule has 3 nitrogen and oxygen atoms in total. The Balaban J connectivity index is 2.15. The van der Waals surface area contributed by atoms with Gasteiger partial charge in [-0.05, 0) is 19.8 Å². The van der Waals surface area contributed by atoms with Gasteiger partial charge < -0.3 is 9.84 Å². The number of aliphatic hydroxyl groups excluding tert-OH is 1. The fraction of sp³-hybridized carbons (Fsp3) is 0.700. The summed E-state index contributed by atoms with van der Waals surface area (Å²) in [5.41, 5.74) is 1.09. The summed E-state index contributed by atoms with van der Waals surface area (Å²) < 4.78 is 5.59. The minimum Gasteiger partial charge on any atom is -0.396 e. The zero-order valence-electron chi connectivity index (χ0n) is 8.32. The van der Waals surface area contributed by atoms with Crippen LogP contribution in [0.25, 0.3) is 0 Å². The topological polar surface area (TPSA) is 42.4 Å². The van der Waals surface area contributed by atoms with Crippen molar-refractivity contribution in [1.82, 2.24) is 4.98 Å². The zero-order valence-corrected chi connectivity index (χ0v) is 9.14. The van der Waals surface area contributed by atoms with Crippen molar-refractivity contribution in [2.75, 3.05) is 13.2 Å². The Morgan fingerprint density at radius 2 is 2.50 bits per heavy atom. The first kappa shape index (κ1) is 10.1. The van der Waals surface area contributed by atoms with E-state index in [9.17, 15) is 0 Å². The van der Waals surface area contributed by atoms with Crippen molar-refractivity contribution in [2.45, 2.75) is 32.3 Å². The van der Waals surface area contributed by atoms with Crippen LogP contribution in [-0.4, -0.2) is 23.3 Å². The fourth-order valence-corrected chi connectivity index (χ4v) is 2.73. The third kappa shape index (κ3) is 1.97. The second-order valence-electron chi connectivity index (χ2n) is 3.52. The molecule has 2 rings (SSSR count). The lowest BCUT2D eigenvalue weighted by Crippen LogP contribution is -1.99. The van der Waals surface area contributed by atoms with Crippen LogP contribution >= 0.6 is 11.3 Å². The van der Waals surface area contributed by atoms with Crippen LogP contribution in [0.5, 0.6) is 0 Å². The normalized spacial score (nSPS) is 21.7. The molecule has 2 heterocycles. The van der Waals surface area contributed by atoms with Crippen molar-refractivity contribution in [3.05, 3.63) is 15.6 Å². The maximum atomic E-state index is 8.82. The highest BCUT2D eigenvalue weighted by atomic mass is 32.1. The predicted molar refractivity (Wildman–Crippen MR) is 55.6 cm³/mol. The Labute approximate surface area is 87.7 Å². The Morgan fingerprint density at radius 1 is 1.64 bits per heavy atom. The van der Waals surface area contributed by atoms with Gasteiger partial charge in [0.25, 0.3) is 0 Å². The maximum Gasteiger partial charge on any atom is 0.101 e. The molecule has 0 aromatic carbocycles. The molecule has 1 atom stereocenters. The quantitative estimate of drug-likeness (QED) is 0.833. The molecular weight excluding hydrogens is 198 g/mol. The van der Waals surface area contributed by atoms with E-state index in [-0.39, 0.29) is 12.7 Å². The van der Waals surface area contributed by atoms with Crippen molar-refractivity contribution in [2.24, 2.45) is 0 Å². The van der Waals surface area contributed by atoms with E-state index in [0.717, 1.165) is 30.2 Å². The number of nitrogens with zero attached hydrogens (tertiary/aromatic N) is 1. The summed E-state index contributed by atoms with van der Waals surface area (Å²) in [6.45, 7) is 3.12. The van der Waals surface area contributed by atoms with Crippen LogP contribution in [0.15, 0.2) is 0 Å². The van der Waals surface area contributed by atoms with Crippen molar-refractivity contribution in [3.63, 3.8) is 0 Å². The minimum atomic E-state index is 0.178. The summed E-state index contributed by atoms with van der Waals surface area (Å²) in [7, 11) is 0. The van der Waals surface area contributed by atoms with Gasteiger partial charge in [-0.15, -0.1) is 11.3 Å². The van der Waals surface area contributed by atoms with Crippen LogP contribution in [0.1, 0.15) is 34.5 Å². The first-order chi connectivity index (χ1) is 6.81. The van der Waals surface area contributed by atoms with E-state index >= 15 is 0 Å². The SMILES string of the molecule is Cc1sc(CCO)nc1C1CCCO1. The van der Waals surface area contributed by atoms with Gasteiger partial charge in [0.15, 0.2) is 0 Å². The summed E-state index contributed by atoms with van der Waals surface area (Å²) in [5, 5.41) is 9.84. The molecular formula is C10H15NO2S. The standard InChI is InChI=1S/C10H15NO2S/c1-7-10(8-3-2-6-13-8)11-9(14-7)4-5-12/h8,12H,2-6H2,1H3. The molecule has 1 saturated heterocycles. The largest absolute Gasteiger partial charge is 0.396 e. The highest BCUT2D eigenvalue weighted by molar-refractivity contribution is 7.11. The highest BCUT2D eigenvalue weighted by Gasteiger charge is 2.22. The van der Waals surface area contributed by atoms with E-state index in [0.29, 0.717) is 6.42 Å². The summed E-state index contributed by atoms with van der Waals surface area (Å²) >= 11 is 1.67. The zero-order chi connectivity index (χ0) is 9.97. The van der Waals surface area contributed by atoms with Gasteiger partial charge in [-0.25, -0.2) is 4.98 Å². The molecule has 0 radical (unpaired) electrons. The van der Waals surface area contributed by atoms with Gasteiger partial charge in [-0.3, -0.25) is 0 Å². The van der Waals surface area contributed by atoms with Crippen molar-refractivity contribution in [1.29, 1.82) is 0 Å². The molecule has 1 aromatic heterocycles. The van der Waals surface area contributed by atoms with Crippen LogP contribution in [-0.2, 0) is 11.2 Å². The van der Waals surface area contributed by atoms with Crippen LogP contribution < -0.4 is 0 Å². The molecule has 1 N–H and O–H groups in total. The second-order valence-corrected chi connectivity index (χ2v) is 4.81. The number of thiazole rings is 1. The minimum absolute atomic E-state index is 0.178. The molecule has 1 fully saturated rings. The maximum absolute atomic E-state index is 8.82. The molecule has 14 heavy (non-hydrogen) atoms. The summed E-state index contributed by atoms with van der Waals surface area (Å²) in [4.78, 5) is 5.75. The number of rotatable bonds is 3. The van der Waals surface area contributed by atoms with E-state index in [1.54, 1.807) is 11.3 Å². The third-order valence-electron chi connectivity index (χ3n) is 2.44. The lowest BCUT2D eigenvalue weighted by Gasteiger charge is -2.06. The van der Waals surface area contributed by atoms with Gasteiger partial charge in [0.2, 0.25) is 0 Å². The number of aryl methyl sites for hydroxylation is 1. The smallest absolute Gasteiger partial charge is 0.101 e. The van der Waals surface area contributed by atoms with Crippen LogP contribution in [0, 0.1) is 6.92 Å². The van der Waals surface area contributed by atoms with Crippen LogP contribution in [0.4, 0.5) is 0 Å². The lowest BCUT2D eigenvalue weighted by atomic mass is 10.2. The van der Waals surface area contributed by atoms with E-state index in [2.05, 4.69) is 11.9 Å². The second kappa shape index (κ2) is 4.38. The highest BCUT2D eigenvalue weighted by Crippen LogP contribution is 2.32. The molecule has 0 saturated carbocycles. The van der Waals surface area contributed by atoms with Gasteiger partial charge in [-0.2, -0.15) is 0 Å². The monoisotopic (exact) mass is 213 g/mol. The van der Waals surface area contributed by atoms with Gasteiger partial charge >= 0.3 is 0 Å². The molecule has 0 bridgehead atoms. The number of aromatic nitrogens is 1. The Bertz CT molecular complexity index is 305. The molecule has 0 spiro atoms. The molecule has 1 aromatic rings. The number of hydrogen-bond donors (Lipinski definition) is 1. The molecule has 0 amide bonds. The van der Waals surface area contributed by atoms with E-state index < -0.39 is 0 Å². The molecule has 78 valence electrons. The molecule has 1 unspecified atom stereocenters. The Hall–Kier alpha value is -0.450. The number of hydrogen-bond acceptors (Lipinski definition) is 4. The Kier molecular flexibility index (Phi) is 3.15. The first-order valence-corrected chi connectivity index (χ1v) is 5.81. The molecule has 4 heteroatoms. The lowest BCUT2D eigenvalue weighted by molar-refractivity contribution is 0.108. The van der Waals surface area contributed by atoms with Crippen LogP contribution in [0.2, 0.25) is 0 Å². The van der Waals surface area contributed by atoms with Crippen molar-refractivity contribution < 1.29 is 9.84 Å². The fourth-order valence-electron chi connectivity index (χ4n) is 1.76. The first-order valence-electron chi connectivity index (χ1n) is 5.00. The third-order valence-corrected chi connectivity index (χ3v) is 3.48. The van der Waals surface area contributed by atoms with Gasteiger partial charge in [-0.1, -0.05) is 0 Å². The van der Waals surface area contributed by atoms with E-state index in [4.69, 9.17) is 9.84 Å². The van der Waals surface area contributed by atoms with Crippen molar-refractivity contribution in [3.8, 4) is 0 Å². The summed E-state index contributed by atoms with van der Waals surface area (Å²) in [5.74, 6) is 0. The predicted octanol–water partition coefficient (Wildman–Crippen LogP) is 1.84.